The third kappa shape index (κ3) is 4.54. The van der Waals surface area contributed by atoms with Crippen LogP contribution >= 0.6 is 0 Å². The number of benzene rings is 2. The second-order valence-corrected chi connectivity index (χ2v) is 6.90. The van der Waals surface area contributed by atoms with Gasteiger partial charge in [-0.15, -0.1) is 0 Å². The largest absolute Gasteiger partial charge is 0.360 e. The van der Waals surface area contributed by atoms with Gasteiger partial charge in [-0.25, -0.2) is 4.98 Å². The van der Waals surface area contributed by atoms with Crippen molar-refractivity contribution in [2.45, 2.75) is 19.0 Å². The first-order valence-corrected chi connectivity index (χ1v) is 9.72. The number of nitrogens with zero attached hydrogens (tertiary/aromatic N) is 3. The number of amides is 2. The maximum Gasteiger partial charge on any atom is 0.253 e. The number of hydrogen-bond acceptors (Lipinski definition) is 4. The Bertz CT molecular complexity index is 1120. The number of carbonyl (C=O) groups excluding carboxylic acids is 2. The second kappa shape index (κ2) is 9.04. The molecule has 2 amide bonds. The summed E-state index contributed by atoms with van der Waals surface area (Å²) in [4.78, 5) is 32.0. The van der Waals surface area contributed by atoms with Crippen molar-refractivity contribution in [3.05, 3.63) is 84.6 Å². The highest BCUT2D eigenvalue weighted by Crippen LogP contribution is 2.17. The van der Waals surface area contributed by atoms with E-state index < -0.39 is 0 Å². The summed E-state index contributed by atoms with van der Waals surface area (Å²) >= 11 is 0. The monoisotopic (exact) mass is 402 g/mol. The first-order chi connectivity index (χ1) is 14.7. The summed E-state index contributed by atoms with van der Waals surface area (Å²) in [6.45, 7) is 0.715. The molecule has 0 radical (unpaired) electrons. The van der Waals surface area contributed by atoms with Crippen LogP contribution in [0.5, 0.6) is 0 Å². The van der Waals surface area contributed by atoms with Gasteiger partial charge in [-0.1, -0.05) is 48.5 Å². The van der Waals surface area contributed by atoms with Gasteiger partial charge < -0.3 is 15.6 Å². The van der Waals surface area contributed by atoms with Gasteiger partial charge in [-0.2, -0.15) is 5.10 Å². The maximum absolute atomic E-state index is 12.5. The Balaban J connectivity index is 1.34. The number of para-hydroxylation sites is 1. The molecule has 0 spiro atoms. The third-order valence-corrected chi connectivity index (χ3v) is 4.84. The van der Waals surface area contributed by atoms with Gasteiger partial charge in [0, 0.05) is 30.1 Å². The van der Waals surface area contributed by atoms with Crippen molar-refractivity contribution >= 4 is 22.7 Å². The van der Waals surface area contributed by atoms with Crippen molar-refractivity contribution in [3.8, 4) is 0 Å². The quantitative estimate of drug-likeness (QED) is 0.421. The average Bonchev–Trinajstić information content (AvgIpc) is 3.43. The summed E-state index contributed by atoms with van der Waals surface area (Å²) in [6, 6.07) is 17.1. The van der Waals surface area contributed by atoms with Crippen molar-refractivity contribution in [2.24, 2.45) is 0 Å². The highest BCUT2D eigenvalue weighted by atomic mass is 16.2. The van der Waals surface area contributed by atoms with E-state index in [0.717, 1.165) is 16.5 Å². The second-order valence-electron chi connectivity index (χ2n) is 6.90. The summed E-state index contributed by atoms with van der Waals surface area (Å²) in [7, 11) is 0. The molecule has 0 aliphatic carbocycles. The van der Waals surface area contributed by atoms with Gasteiger partial charge in [-0.3, -0.25) is 14.3 Å². The van der Waals surface area contributed by atoms with Crippen LogP contribution in [0, 0.1) is 0 Å². The minimum Gasteiger partial charge on any atom is -0.360 e. The SMILES string of the molecule is O=C(CCNC(=O)c1c[nH]c2ccccc12)N[C@@H](Cn1cncn1)c1ccccc1. The smallest absolute Gasteiger partial charge is 0.253 e. The lowest BCUT2D eigenvalue weighted by molar-refractivity contribution is -0.121. The Morgan fingerprint density at radius 3 is 2.67 bits per heavy atom. The zero-order valence-electron chi connectivity index (χ0n) is 16.3. The Kier molecular flexibility index (Phi) is 5.84. The molecule has 8 nitrogen and oxygen atoms in total. The minimum absolute atomic E-state index is 0.150. The van der Waals surface area contributed by atoms with Crippen molar-refractivity contribution in [1.29, 1.82) is 0 Å². The predicted molar refractivity (Wildman–Crippen MR) is 113 cm³/mol. The van der Waals surface area contributed by atoms with Crippen LogP contribution in [0.1, 0.15) is 28.4 Å². The summed E-state index contributed by atoms with van der Waals surface area (Å²) in [5.41, 5.74) is 2.45. The predicted octanol–water partition coefficient (Wildman–Crippen LogP) is 2.44. The molecule has 30 heavy (non-hydrogen) atoms. The summed E-state index contributed by atoms with van der Waals surface area (Å²) in [6.07, 6.45) is 4.94. The summed E-state index contributed by atoms with van der Waals surface area (Å²) < 4.78 is 1.68. The van der Waals surface area contributed by atoms with E-state index in [9.17, 15) is 9.59 Å². The molecule has 4 rings (SSSR count). The number of nitrogens with one attached hydrogen (secondary N) is 3. The van der Waals surface area contributed by atoms with Crippen molar-refractivity contribution < 1.29 is 9.59 Å². The molecule has 0 saturated carbocycles. The lowest BCUT2D eigenvalue weighted by Gasteiger charge is -2.19. The van der Waals surface area contributed by atoms with Gasteiger partial charge in [0.25, 0.3) is 5.91 Å². The molecule has 2 aromatic carbocycles. The van der Waals surface area contributed by atoms with Gasteiger partial charge in [0.15, 0.2) is 0 Å². The van der Waals surface area contributed by atoms with E-state index in [0.29, 0.717) is 12.1 Å². The van der Waals surface area contributed by atoms with Crippen LogP contribution in [0.25, 0.3) is 10.9 Å². The molecule has 2 heterocycles. The van der Waals surface area contributed by atoms with Gasteiger partial charge in [0.1, 0.15) is 12.7 Å². The Morgan fingerprint density at radius 1 is 1.07 bits per heavy atom. The number of rotatable bonds is 8. The minimum atomic E-state index is -0.246. The molecule has 3 N–H and O–H groups in total. The van der Waals surface area contributed by atoms with Crippen LogP contribution < -0.4 is 10.6 Å². The van der Waals surface area contributed by atoms with Gasteiger partial charge in [0.2, 0.25) is 5.91 Å². The molecule has 152 valence electrons. The van der Waals surface area contributed by atoms with Gasteiger partial charge in [0.05, 0.1) is 18.2 Å². The molecule has 8 heteroatoms. The normalized spacial score (nSPS) is 11.9. The van der Waals surface area contributed by atoms with E-state index in [1.165, 1.54) is 6.33 Å². The lowest BCUT2D eigenvalue weighted by Crippen LogP contribution is -2.34. The fraction of sp³-hybridized carbons (Fsp3) is 0.182. The molecule has 1 atom stereocenters. The summed E-state index contributed by atoms with van der Waals surface area (Å²) in [5.74, 6) is -0.356. The fourth-order valence-electron chi connectivity index (χ4n) is 3.34. The third-order valence-electron chi connectivity index (χ3n) is 4.84. The fourth-order valence-corrected chi connectivity index (χ4v) is 3.34. The molecule has 0 fully saturated rings. The molecule has 0 aliphatic heterocycles. The topological polar surface area (TPSA) is 105 Å². The Morgan fingerprint density at radius 2 is 1.87 bits per heavy atom. The maximum atomic E-state index is 12.5. The molecule has 2 aromatic heterocycles. The Labute approximate surface area is 173 Å². The van der Waals surface area contributed by atoms with Crippen LogP contribution in [-0.2, 0) is 11.3 Å². The van der Waals surface area contributed by atoms with Crippen LogP contribution in [0.3, 0.4) is 0 Å². The molecule has 0 unspecified atom stereocenters. The van der Waals surface area contributed by atoms with Crippen molar-refractivity contribution in [3.63, 3.8) is 0 Å². The lowest BCUT2D eigenvalue weighted by atomic mass is 10.1. The summed E-state index contributed by atoms with van der Waals surface area (Å²) in [5, 5.41) is 10.8. The van der Waals surface area contributed by atoms with E-state index in [-0.39, 0.29) is 30.8 Å². The van der Waals surface area contributed by atoms with Crippen LogP contribution in [0.4, 0.5) is 0 Å². The van der Waals surface area contributed by atoms with Crippen LogP contribution in [-0.4, -0.2) is 38.1 Å². The molecule has 0 bridgehead atoms. The number of hydrogen-bond donors (Lipinski definition) is 3. The zero-order valence-corrected chi connectivity index (χ0v) is 16.3. The molecular formula is C22H22N6O2. The Hall–Kier alpha value is -3.94. The number of aromatic amines is 1. The number of aromatic nitrogens is 4. The van der Waals surface area contributed by atoms with Gasteiger partial charge >= 0.3 is 0 Å². The standard InChI is InChI=1S/C22H22N6O2/c29-21(10-11-24-22(30)18-12-25-19-9-5-4-8-17(18)19)27-20(13-28-15-23-14-26-28)16-6-2-1-3-7-16/h1-9,12,14-15,20,25H,10-11,13H2,(H,24,30)(H,27,29)/t20-/m0/s1. The molecular weight excluding hydrogens is 380 g/mol. The zero-order chi connectivity index (χ0) is 20.8. The highest BCUT2D eigenvalue weighted by Gasteiger charge is 2.16. The van der Waals surface area contributed by atoms with Crippen molar-refractivity contribution in [2.75, 3.05) is 6.54 Å². The number of fused-ring (bicyclic) bond motifs is 1. The number of H-pyrrole nitrogens is 1. The van der Waals surface area contributed by atoms with E-state index in [4.69, 9.17) is 0 Å². The van der Waals surface area contributed by atoms with Gasteiger partial charge in [-0.05, 0) is 11.6 Å². The molecule has 4 aromatic rings. The number of carbonyl (C=O) groups is 2. The van der Waals surface area contributed by atoms with Crippen LogP contribution in [0.15, 0.2) is 73.4 Å². The van der Waals surface area contributed by atoms with Crippen molar-refractivity contribution in [1.82, 2.24) is 30.4 Å². The van der Waals surface area contributed by atoms with Crippen LogP contribution in [0.2, 0.25) is 0 Å². The highest BCUT2D eigenvalue weighted by molar-refractivity contribution is 6.06. The molecule has 0 saturated heterocycles. The van der Waals surface area contributed by atoms with E-state index in [2.05, 4.69) is 25.7 Å². The van der Waals surface area contributed by atoms with E-state index >= 15 is 0 Å². The first kappa shape index (κ1) is 19.4. The van der Waals surface area contributed by atoms with E-state index in [1.807, 2.05) is 54.6 Å². The average molecular weight is 402 g/mol. The molecule has 0 aliphatic rings. The van der Waals surface area contributed by atoms with E-state index in [1.54, 1.807) is 17.2 Å². The first-order valence-electron chi connectivity index (χ1n) is 9.72.